The van der Waals surface area contributed by atoms with Gasteiger partial charge in [-0.15, -0.1) is 0 Å². The van der Waals surface area contributed by atoms with Gasteiger partial charge in [-0.25, -0.2) is 0 Å². The van der Waals surface area contributed by atoms with Crippen molar-refractivity contribution in [3.8, 4) is 0 Å². The van der Waals surface area contributed by atoms with E-state index in [0.717, 1.165) is 4.47 Å². The molecule has 0 N–H and O–H groups in total. The fraction of sp³-hybridized carbons (Fsp3) is 0.205. The number of aromatic nitrogens is 2. The molecule has 0 unspecified atom stereocenters. The molecule has 0 saturated carbocycles. The second-order valence-corrected chi connectivity index (χ2v) is 16.5. The van der Waals surface area contributed by atoms with Crippen molar-refractivity contribution >= 4 is 49.7 Å². The third kappa shape index (κ3) is 13.7. The van der Waals surface area contributed by atoms with Crippen molar-refractivity contribution in [1.29, 1.82) is 0 Å². The van der Waals surface area contributed by atoms with Crippen LogP contribution in [-0.4, -0.2) is 16.9 Å². The van der Waals surface area contributed by atoms with Gasteiger partial charge < -0.3 is 0 Å². The lowest BCUT2D eigenvalue weighted by Crippen LogP contribution is -2.75. The number of alkyl halides is 24. The van der Waals surface area contributed by atoms with Crippen LogP contribution in [0.1, 0.15) is 54.9 Å². The number of rotatable bonds is 7. The lowest BCUT2D eigenvalue weighted by molar-refractivity contribution is -0.683. The Hall–Kier alpha value is -6.29. The predicted octanol–water partition coefficient (Wildman–Crippen LogP) is 13.2. The average Bonchev–Trinajstić information content (AvgIpc) is 3.24. The monoisotopic (exact) mass is 1140 g/mol. The van der Waals surface area contributed by atoms with E-state index in [0.29, 0.717) is 12.1 Å². The lowest BCUT2D eigenvalue weighted by Gasteiger charge is -2.46. The Labute approximate surface area is 401 Å². The van der Waals surface area contributed by atoms with Gasteiger partial charge in [-0.2, -0.15) is 132 Å². The number of ketones is 1. The summed E-state index contributed by atoms with van der Waals surface area (Å²) in [5, 5.41) is 0. The maximum absolute atomic E-state index is 14.2. The number of carbonyl (C=O) groups excluding carboxylic acids is 1. The van der Waals surface area contributed by atoms with Crippen molar-refractivity contribution in [3.63, 3.8) is 0 Å². The molecule has 0 spiro atoms. The molecule has 73 heavy (non-hydrogen) atoms. The van der Waals surface area contributed by atoms with Crippen molar-refractivity contribution in [2.45, 2.75) is 56.0 Å². The summed E-state index contributed by atoms with van der Waals surface area (Å²) >= 11 is 3.35. The summed E-state index contributed by atoms with van der Waals surface area (Å²) in [7, 11) is 0. The Morgan fingerprint density at radius 1 is 0.397 bits per heavy atom. The maximum atomic E-state index is 14.2. The van der Waals surface area contributed by atoms with Crippen molar-refractivity contribution in [2.24, 2.45) is 0 Å². The first-order chi connectivity index (χ1) is 33.0. The molecular weight excluding hydrogens is 1120 g/mol. The Morgan fingerprint density at radius 3 is 0.863 bits per heavy atom. The summed E-state index contributed by atoms with van der Waals surface area (Å²) in [6.07, 6.45) is -47.9. The number of nitrogens with zero attached hydrogens (tertiary/aromatic N) is 2. The zero-order valence-electron chi connectivity index (χ0n) is 35.1. The highest BCUT2D eigenvalue weighted by molar-refractivity contribution is 9.10. The van der Waals surface area contributed by atoms with E-state index in [-0.39, 0.29) is 5.78 Å². The van der Waals surface area contributed by atoms with Crippen LogP contribution in [0.5, 0.6) is 0 Å². The van der Waals surface area contributed by atoms with E-state index in [1.165, 1.54) is 0 Å². The van der Waals surface area contributed by atoms with Gasteiger partial charge >= 0.3 is 49.4 Å². The molecule has 0 aliphatic rings. The van der Waals surface area contributed by atoms with Gasteiger partial charge in [-0.1, -0.05) is 76.6 Å². The fourth-order valence-corrected chi connectivity index (χ4v) is 7.84. The molecule has 1 aromatic heterocycles. The van der Waals surface area contributed by atoms with Crippen molar-refractivity contribution in [2.75, 3.05) is 0 Å². The molecule has 0 bridgehead atoms. The highest BCUT2D eigenvalue weighted by atomic mass is 79.9. The molecule has 0 radical (unpaired) electrons. The van der Waals surface area contributed by atoms with Gasteiger partial charge in [0.25, 0.3) is 0 Å². The third-order valence-electron chi connectivity index (χ3n) is 10.6. The molecule has 29 heteroatoms. The van der Waals surface area contributed by atoms with E-state index in [1.54, 1.807) is 29.4 Å². The number of hydrogen-bond donors (Lipinski definition) is 0. The average molecular weight is 1140 g/mol. The van der Waals surface area contributed by atoms with E-state index >= 15 is 0 Å². The standard InChI is InChI=1S/C32H12BF24.C12H10BrN2O/c34-25(35,36)13-1-14(26(37,38)39)6-21(5-13)33(22-7-15(27(40,41)42)2-16(8-22)28(43,44)45,23-9-17(29(46,47)48)3-18(10-23)30(49,50)51)24-11-19(31(52,53)54)4-20(12-24)32(55,56)57;13-11-3-1-2-10(8-11)12(16)9-15-6-4-14-5-7-15/h1-12H;1-8H,9H2/q-1;+1. The molecule has 0 aliphatic carbocycles. The molecule has 0 aliphatic heterocycles. The number of Topliss-reactive ketones (excluding diaryl/α,β-unsaturated/α-hetero) is 1. The number of hydrogen-bond acceptors (Lipinski definition) is 2. The second kappa shape index (κ2) is 19.9. The van der Waals surface area contributed by atoms with Gasteiger partial charge in [0.1, 0.15) is 6.15 Å². The fourth-order valence-electron chi connectivity index (χ4n) is 7.44. The van der Waals surface area contributed by atoms with E-state index < -0.39 is 195 Å². The second-order valence-electron chi connectivity index (χ2n) is 15.6. The molecule has 5 aromatic carbocycles. The largest absolute Gasteiger partial charge is 0.416 e. The predicted molar refractivity (Wildman–Crippen MR) is 213 cm³/mol. The molecule has 0 fully saturated rings. The molecular formula is C44H22BBrF24N2O. The first-order valence-electron chi connectivity index (χ1n) is 19.5. The normalized spacial score (nSPS) is 13.4. The topological polar surface area (TPSA) is 33.8 Å². The van der Waals surface area contributed by atoms with Crippen molar-refractivity contribution < 1.29 is 115 Å². The van der Waals surface area contributed by atoms with Crippen LogP contribution >= 0.6 is 15.9 Å². The van der Waals surface area contributed by atoms with E-state index in [9.17, 15) is 110 Å². The Balaban J connectivity index is 0.000000520. The van der Waals surface area contributed by atoms with E-state index in [2.05, 4.69) is 20.9 Å². The van der Waals surface area contributed by atoms with Crippen LogP contribution in [0.25, 0.3) is 0 Å². The quantitative estimate of drug-likeness (QED) is 0.0691. The van der Waals surface area contributed by atoms with Gasteiger partial charge in [-0.3, -0.25) is 9.78 Å². The number of carbonyl (C=O) groups is 1. The molecule has 1 heterocycles. The smallest absolute Gasteiger partial charge is 0.287 e. The number of halogens is 25. The zero-order chi connectivity index (χ0) is 55.3. The van der Waals surface area contributed by atoms with Crippen molar-refractivity contribution in [1.82, 2.24) is 4.98 Å². The summed E-state index contributed by atoms with van der Waals surface area (Å²) in [4.78, 5) is 15.8. The summed E-state index contributed by atoms with van der Waals surface area (Å²) in [5.41, 5.74) is -29.5. The Morgan fingerprint density at radius 2 is 0.644 bits per heavy atom. The van der Waals surface area contributed by atoms with Crippen LogP contribution in [0, 0.1) is 0 Å². The SMILES string of the molecule is FC(F)(F)c1cc([B-](c2cc(C(F)(F)F)cc(C(F)(F)F)c2)(c2cc(C(F)(F)F)cc(C(F)(F)F)c2)c2cc(C(F)(F)F)cc(C(F)(F)F)c2)cc(C(F)(F)F)c1.O=C(C[n+]1ccncc1)c1cccc(Br)c1. The molecule has 3 nitrogen and oxygen atoms in total. The highest BCUT2D eigenvalue weighted by Crippen LogP contribution is 2.41. The highest BCUT2D eigenvalue weighted by Gasteiger charge is 2.47. The molecule has 392 valence electrons. The van der Waals surface area contributed by atoms with Crippen LogP contribution in [0.3, 0.4) is 0 Å². The summed E-state index contributed by atoms with van der Waals surface area (Å²) < 4.78 is 344. The van der Waals surface area contributed by atoms with Gasteiger partial charge in [0, 0.05) is 10.0 Å². The minimum atomic E-state index is -6.13. The van der Waals surface area contributed by atoms with Gasteiger partial charge in [0.2, 0.25) is 12.3 Å². The lowest BCUT2D eigenvalue weighted by atomic mass is 9.12. The molecule has 0 amide bonds. The Kier molecular flexibility index (Phi) is 15.7. The van der Waals surface area contributed by atoms with Crippen LogP contribution in [0.4, 0.5) is 105 Å². The maximum Gasteiger partial charge on any atom is 0.416 e. The van der Waals surface area contributed by atoms with Crippen molar-refractivity contribution in [3.05, 3.63) is 176 Å². The minimum Gasteiger partial charge on any atom is -0.287 e. The van der Waals surface area contributed by atoms with Crippen LogP contribution in [0.15, 0.2) is 126 Å². The Bertz CT molecular complexity index is 2530. The van der Waals surface area contributed by atoms with Crippen LogP contribution < -0.4 is 26.4 Å². The zero-order valence-corrected chi connectivity index (χ0v) is 36.7. The summed E-state index contributed by atoms with van der Waals surface area (Å²) in [5.74, 6) is 0.0810. The first kappa shape index (κ1) is 57.6. The first-order valence-corrected chi connectivity index (χ1v) is 20.2. The molecule has 0 saturated heterocycles. The number of benzene rings is 5. The van der Waals surface area contributed by atoms with Crippen LogP contribution in [-0.2, 0) is 56.0 Å². The van der Waals surface area contributed by atoms with Gasteiger partial charge in [0.05, 0.1) is 56.9 Å². The molecule has 0 atom stereocenters. The van der Waals surface area contributed by atoms with E-state index in [4.69, 9.17) is 0 Å². The third-order valence-corrected chi connectivity index (χ3v) is 11.1. The van der Waals surface area contributed by atoms with Crippen LogP contribution in [0.2, 0.25) is 0 Å². The molecule has 6 aromatic rings. The summed E-state index contributed by atoms with van der Waals surface area (Å²) in [6, 6.07) is -1.42. The van der Waals surface area contributed by atoms with Gasteiger partial charge in [-0.05, 0) is 36.4 Å². The molecule has 6 rings (SSSR count). The minimum absolute atomic E-state index is 0.0810. The summed E-state index contributed by atoms with van der Waals surface area (Å²) in [6.45, 7) is 0.332. The van der Waals surface area contributed by atoms with Gasteiger partial charge in [0.15, 0.2) is 12.4 Å². The van der Waals surface area contributed by atoms with E-state index in [1.807, 2.05) is 24.3 Å².